The largest absolute Gasteiger partial charge is 0.522 e. The van der Waals surface area contributed by atoms with Crippen LogP contribution in [-0.4, -0.2) is 79.3 Å². The van der Waals surface area contributed by atoms with Gasteiger partial charge in [-0.05, 0) is 50.4 Å². The molecule has 1 aliphatic carbocycles. The van der Waals surface area contributed by atoms with Crippen molar-refractivity contribution in [3.63, 3.8) is 0 Å². The van der Waals surface area contributed by atoms with Gasteiger partial charge in [0.1, 0.15) is 18.8 Å². The maximum absolute atomic E-state index is 13.4. The van der Waals surface area contributed by atoms with Crippen LogP contribution in [0.1, 0.15) is 44.9 Å². The molecule has 6 atom stereocenters. The molecule has 12 heteroatoms. The summed E-state index contributed by atoms with van der Waals surface area (Å²) in [7, 11) is 0. The van der Waals surface area contributed by atoms with Gasteiger partial charge in [0, 0.05) is 25.6 Å². The van der Waals surface area contributed by atoms with Gasteiger partial charge in [-0.3, -0.25) is 23.9 Å². The molecule has 4 rings (SSSR count). The molecule has 3 aliphatic heterocycles. The van der Waals surface area contributed by atoms with Crippen molar-refractivity contribution in [1.29, 1.82) is 0 Å². The van der Waals surface area contributed by atoms with E-state index in [1.54, 1.807) is 0 Å². The zero-order valence-electron chi connectivity index (χ0n) is 18.8. The monoisotopic (exact) mass is 489 g/mol. The Kier molecular flexibility index (Phi) is 7.46. The summed E-state index contributed by atoms with van der Waals surface area (Å²) in [6.07, 6.45) is -1.43. The summed E-state index contributed by atoms with van der Waals surface area (Å²) >= 11 is 0. The van der Waals surface area contributed by atoms with Crippen LogP contribution in [0.5, 0.6) is 0 Å². The van der Waals surface area contributed by atoms with Crippen molar-refractivity contribution in [2.75, 3.05) is 26.3 Å². The highest BCUT2D eigenvalue weighted by atomic mass is 19.4. The molecule has 34 heavy (non-hydrogen) atoms. The van der Waals surface area contributed by atoms with E-state index in [9.17, 15) is 32.3 Å². The molecule has 0 spiro atoms. The number of nitrogens with zero attached hydrogens (tertiary/aromatic N) is 1. The Bertz CT molecular complexity index is 816. The number of carbonyl (C=O) groups excluding carboxylic acids is 4. The third-order valence-electron chi connectivity index (χ3n) is 7.41. The van der Waals surface area contributed by atoms with Gasteiger partial charge in [0.15, 0.2) is 5.78 Å². The number of carbonyl (C=O) groups is 4. The molecule has 0 unspecified atom stereocenters. The lowest BCUT2D eigenvalue weighted by Crippen LogP contribution is -2.55. The number of hydrogen-bond acceptors (Lipinski definition) is 6. The smallest absolute Gasteiger partial charge is 0.368 e. The van der Waals surface area contributed by atoms with Crippen LogP contribution in [-0.2, 0) is 28.7 Å². The molecule has 1 saturated carbocycles. The van der Waals surface area contributed by atoms with Crippen LogP contribution >= 0.6 is 0 Å². The van der Waals surface area contributed by atoms with Crippen LogP contribution in [0.25, 0.3) is 0 Å². The number of alkyl halides is 3. The van der Waals surface area contributed by atoms with Gasteiger partial charge in [-0.2, -0.15) is 0 Å². The van der Waals surface area contributed by atoms with Crippen LogP contribution in [0.2, 0.25) is 0 Å². The van der Waals surface area contributed by atoms with Gasteiger partial charge in [0.25, 0.3) is 5.91 Å². The number of nitrogens with one attached hydrogen (secondary N) is 2. The predicted molar refractivity (Wildman–Crippen MR) is 110 cm³/mol. The van der Waals surface area contributed by atoms with Crippen LogP contribution in [0.15, 0.2) is 0 Å². The molecule has 0 aromatic heterocycles. The van der Waals surface area contributed by atoms with E-state index >= 15 is 0 Å². The first-order valence-electron chi connectivity index (χ1n) is 11.9. The molecule has 9 nitrogen and oxygen atoms in total. The number of rotatable bonds is 8. The summed E-state index contributed by atoms with van der Waals surface area (Å²) in [5, 5.41) is 5.20. The fraction of sp³-hybridized carbons (Fsp3) is 0.818. The molecule has 0 aromatic rings. The number of hydrogen-bond donors (Lipinski definition) is 2. The first-order chi connectivity index (χ1) is 16.1. The second kappa shape index (κ2) is 10.2. The zero-order chi connectivity index (χ0) is 24.5. The molecule has 2 N–H and O–H groups in total. The van der Waals surface area contributed by atoms with Gasteiger partial charge >= 0.3 is 6.36 Å². The Morgan fingerprint density at radius 1 is 1.18 bits per heavy atom. The summed E-state index contributed by atoms with van der Waals surface area (Å²) < 4.78 is 46.7. The highest BCUT2D eigenvalue weighted by molar-refractivity contribution is 5.95. The van der Waals surface area contributed by atoms with E-state index in [2.05, 4.69) is 15.4 Å². The number of likely N-dealkylation sites (tertiary alicyclic amines) is 1. The van der Waals surface area contributed by atoms with Crippen LogP contribution in [0.3, 0.4) is 0 Å². The molecule has 4 fully saturated rings. The Balaban J connectivity index is 1.49. The van der Waals surface area contributed by atoms with E-state index in [1.807, 2.05) is 0 Å². The quantitative estimate of drug-likeness (QED) is 0.524. The van der Waals surface area contributed by atoms with Gasteiger partial charge in [-0.1, -0.05) is 6.42 Å². The SMILES string of the molecule is O=C1NCC[C@H]1C[C@H](NC(=O)[C@@H]1[C@H]2CCC[C@H]2CN1C(=O)[C@H]1CCCO1)C(=O)COC(F)(F)F. The lowest BCUT2D eigenvalue weighted by molar-refractivity contribution is -0.321. The Morgan fingerprint density at radius 3 is 2.62 bits per heavy atom. The van der Waals surface area contributed by atoms with Gasteiger partial charge in [0.2, 0.25) is 11.8 Å². The maximum atomic E-state index is 13.4. The predicted octanol–water partition coefficient (Wildman–Crippen LogP) is 0.909. The van der Waals surface area contributed by atoms with Crippen LogP contribution < -0.4 is 10.6 Å². The fourth-order valence-corrected chi connectivity index (χ4v) is 5.76. The Hall–Kier alpha value is -2.21. The van der Waals surface area contributed by atoms with Crippen LogP contribution in [0.4, 0.5) is 13.2 Å². The number of Topliss-reactive ketones (excluding diaryl/α,β-unsaturated/α-hetero) is 1. The molecule has 0 bridgehead atoms. The van der Waals surface area contributed by atoms with E-state index in [-0.39, 0.29) is 30.1 Å². The summed E-state index contributed by atoms with van der Waals surface area (Å²) in [6.45, 7) is 0.0288. The second-order valence-electron chi connectivity index (χ2n) is 9.57. The average molecular weight is 489 g/mol. The van der Waals surface area contributed by atoms with Crippen molar-refractivity contribution in [2.24, 2.45) is 17.8 Å². The number of fused-ring (bicyclic) bond motifs is 1. The van der Waals surface area contributed by atoms with Crippen molar-refractivity contribution in [2.45, 2.75) is 69.5 Å². The number of ether oxygens (including phenoxy) is 2. The van der Waals surface area contributed by atoms with E-state index < -0.39 is 48.8 Å². The summed E-state index contributed by atoms with van der Waals surface area (Å²) in [6, 6.07) is -2.15. The van der Waals surface area contributed by atoms with Crippen molar-refractivity contribution >= 4 is 23.5 Å². The highest BCUT2D eigenvalue weighted by Gasteiger charge is 2.51. The van der Waals surface area contributed by atoms with Crippen molar-refractivity contribution in [3.8, 4) is 0 Å². The molecular formula is C22H30F3N3O6. The summed E-state index contributed by atoms with van der Waals surface area (Å²) in [4.78, 5) is 52.7. The molecule has 190 valence electrons. The molecule has 0 radical (unpaired) electrons. The van der Waals surface area contributed by atoms with Gasteiger partial charge in [-0.15, -0.1) is 13.2 Å². The molecule has 3 saturated heterocycles. The summed E-state index contributed by atoms with van der Waals surface area (Å²) in [5.41, 5.74) is 0. The molecule has 3 amide bonds. The minimum atomic E-state index is -5.00. The fourth-order valence-electron chi connectivity index (χ4n) is 5.76. The van der Waals surface area contributed by atoms with Crippen LogP contribution in [0, 0.1) is 17.8 Å². The lowest BCUT2D eigenvalue weighted by atomic mass is 9.92. The zero-order valence-corrected chi connectivity index (χ0v) is 18.8. The minimum absolute atomic E-state index is 0.0812. The average Bonchev–Trinajstić information content (AvgIpc) is 3.55. The van der Waals surface area contributed by atoms with Gasteiger partial charge in [-0.25, -0.2) is 0 Å². The van der Waals surface area contributed by atoms with Gasteiger partial charge < -0.3 is 20.3 Å². The van der Waals surface area contributed by atoms with E-state index in [1.165, 1.54) is 4.90 Å². The third-order valence-corrected chi connectivity index (χ3v) is 7.41. The Morgan fingerprint density at radius 2 is 1.97 bits per heavy atom. The van der Waals surface area contributed by atoms with E-state index in [0.717, 1.165) is 25.7 Å². The second-order valence-corrected chi connectivity index (χ2v) is 9.57. The molecule has 3 heterocycles. The normalized spacial score (nSPS) is 31.9. The van der Waals surface area contributed by atoms with Crippen molar-refractivity contribution in [1.82, 2.24) is 15.5 Å². The van der Waals surface area contributed by atoms with Gasteiger partial charge in [0.05, 0.1) is 6.04 Å². The first kappa shape index (κ1) is 24.9. The van der Waals surface area contributed by atoms with Crippen molar-refractivity contribution < 1.29 is 41.8 Å². The number of halogens is 3. The van der Waals surface area contributed by atoms with E-state index in [0.29, 0.717) is 32.5 Å². The number of amides is 3. The maximum Gasteiger partial charge on any atom is 0.522 e. The highest BCUT2D eigenvalue weighted by Crippen LogP contribution is 2.43. The topological polar surface area (TPSA) is 114 Å². The minimum Gasteiger partial charge on any atom is -0.368 e. The molecule has 0 aromatic carbocycles. The molecule has 4 aliphatic rings. The summed E-state index contributed by atoms with van der Waals surface area (Å²) in [5.74, 6) is -2.65. The molecular weight excluding hydrogens is 459 g/mol. The Labute approximate surface area is 195 Å². The number of ketones is 1. The first-order valence-corrected chi connectivity index (χ1v) is 11.9. The van der Waals surface area contributed by atoms with Crippen molar-refractivity contribution in [3.05, 3.63) is 0 Å². The third kappa shape index (κ3) is 5.54. The standard InChI is InChI=1S/C22H30F3N3O6/c23-22(24,25)34-11-16(29)15(9-12-6-7-26-19(12)30)27-20(31)18-14-4-1-3-13(14)10-28(18)21(32)17-5-2-8-33-17/h12-15,17-18H,1-11H2,(H,26,30)(H,27,31)/t12-,13-,14-,15-,17+,18-/m0/s1. The lowest BCUT2D eigenvalue weighted by Gasteiger charge is -2.30. The van der Waals surface area contributed by atoms with E-state index in [4.69, 9.17) is 4.74 Å².